The van der Waals surface area contributed by atoms with E-state index in [0.29, 0.717) is 13.0 Å². The van der Waals surface area contributed by atoms with Crippen LogP contribution in [0.3, 0.4) is 0 Å². The molecule has 1 aromatic rings. The number of benzene rings is 1. The molecule has 0 spiro atoms. The highest BCUT2D eigenvalue weighted by molar-refractivity contribution is 7.89. The first-order chi connectivity index (χ1) is 11.7. The van der Waals surface area contributed by atoms with Gasteiger partial charge in [-0.1, -0.05) is 56.3 Å². The Morgan fingerprint density at radius 3 is 2.40 bits per heavy atom. The molecule has 2 N–H and O–H groups in total. The molecule has 0 saturated carbocycles. The summed E-state index contributed by atoms with van der Waals surface area (Å²) < 4.78 is 27.7. The first-order valence-electron chi connectivity index (χ1n) is 8.52. The number of sulfonamides is 1. The second-order valence-electron chi connectivity index (χ2n) is 6.04. The van der Waals surface area contributed by atoms with E-state index in [1.54, 1.807) is 6.92 Å². The van der Waals surface area contributed by atoms with E-state index in [1.165, 1.54) is 12.1 Å². The Balaban J connectivity index is 3.04. The lowest BCUT2D eigenvalue weighted by molar-refractivity contribution is 0.0953. The van der Waals surface area contributed by atoms with E-state index < -0.39 is 15.9 Å². The Kier molecular flexibility index (Phi) is 9.21. The van der Waals surface area contributed by atoms with E-state index >= 15 is 0 Å². The normalized spacial score (nSPS) is 12.8. The molecule has 1 atom stereocenters. The van der Waals surface area contributed by atoms with Gasteiger partial charge in [0.15, 0.2) is 0 Å². The molecule has 1 aromatic carbocycles. The van der Waals surface area contributed by atoms with Crippen molar-refractivity contribution < 1.29 is 13.2 Å². The number of carbonyl (C=O) groups is 1. The maximum Gasteiger partial charge on any atom is 0.252 e. The summed E-state index contributed by atoms with van der Waals surface area (Å²) >= 11 is 12.1. The first-order valence-corrected chi connectivity index (χ1v) is 10.8. The molecule has 8 heteroatoms. The summed E-state index contributed by atoms with van der Waals surface area (Å²) in [5.41, 5.74) is 0.103. The van der Waals surface area contributed by atoms with E-state index in [1.807, 2.05) is 6.92 Å². The third-order valence-corrected chi connectivity index (χ3v) is 6.07. The number of hydrogen-bond acceptors (Lipinski definition) is 3. The number of hydrogen-bond donors (Lipinski definition) is 2. The van der Waals surface area contributed by atoms with Gasteiger partial charge in [-0.2, -0.15) is 0 Å². The number of unbranched alkanes of at least 4 members (excludes halogenated alkanes) is 2. The maximum absolute atomic E-state index is 12.6. The summed E-state index contributed by atoms with van der Waals surface area (Å²) in [5.74, 6) is -0.407. The molecule has 0 aliphatic heterocycles. The van der Waals surface area contributed by atoms with Gasteiger partial charge in [-0.15, -0.1) is 0 Å². The molecule has 0 aliphatic carbocycles. The van der Waals surface area contributed by atoms with Crippen molar-refractivity contribution in [3.05, 3.63) is 27.7 Å². The van der Waals surface area contributed by atoms with Crippen LogP contribution in [0, 0.1) is 0 Å². The number of rotatable bonds is 10. The molecule has 1 unspecified atom stereocenters. The van der Waals surface area contributed by atoms with Crippen molar-refractivity contribution in [3.63, 3.8) is 0 Å². The van der Waals surface area contributed by atoms with Crippen molar-refractivity contribution in [1.82, 2.24) is 10.0 Å². The molecule has 0 bridgehead atoms. The fourth-order valence-corrected chi connectivity index (χ4v) is 4.54. The molecule has 0 aliphatic rings. The Morgan fingerprint density at radius 2 is 1.80 bits per heavy atom. The Hall–Kier alpha value is -0.820. The molecular weight excluding hydrogens is 383 g/mol. The number of carbonyl (C=O) groups excluding carboxylic acids is 1. The fraction of sp³-hybridized carbons (Fsp3) is 0.588. The van der Waals surface area contributed by atoms with Gasteiger partial charge >= 0.3 is 0 Å². The van der Waals surface area contributed by atoms with Crippen LogP contribution in [0.15, 0.2) is 17.0 Å². The number of halogens is 2. The molecule has 0 radical (unpaired) electrons. The second kappa shape index (κ2) is 10.4. The van der Waals surface area contributed by atoms with E-state index in [0.717, 1.165) is 25.7 Å². The van der Waals surface area contributed by atoms with Crippen LogP contribution in [0.4, 0.5) is 0 Å². The lowest BCUT2D eigenvalue weighted by Gasteiger charge is -2.15. The van der Waals surface area contributed by atoms with Crippen LogP contribution in [0.2, 0.25) is 10.0 Å². The third kappa shape index (κ3) is 6.77. The molecule has 142 valence electrons. The molecule has 0 saturated heterocycles. The average Bonchev–Trinajstić information content (AvgIpc) is 2.50. The van der Waals surface area contributed by atoms with Crippen molar-refractivity contribution in [1.29, 1.82) is 0 Å². The van der Waals surface area contributed by atoms with Gasteiger partial charge in [0.2, 0.25) is 10.0 Å². The Labute approximate surface area is 160 Å². The highest BCUT2D eigenvalue weighted by atomic mass is 35.5. The zero-order chi connectivity index (χ0) is 19.0. The minimum atomic E-state index is -3.83. The molecule has 1 amide bonds. The lowest BCUT2D eigenvalue weighted by atomic mass is 10.2. The summed E-state index contributed by atoms with van der Waals surface area (Å²) in [5, 5.41) is 2.87. The molecule has 0 aromatic heterocycles. The predicted octanol–water partition coefficient (Wildman–Crippen LogP) is 4.38. The van der Waals surface area contributed by atoms with Crippen LogP contribution in [0.1, 0.15) is 63.2 Å². The van der Waals surface area contributed by atoms with Gasteiger partial charge < -0.3 is 5.32 Å². The van der Waals surface area contributed by atoms with E-state index in [9.17, 15) is 13.2 Å². The van der Waals surface area contributed by atoms with Crippen molar-refractivity contribution in [2.45, 2.75) is 63.8 Å². The van der Waals surface area contributed by atoms with Gasteiger partial charge in [-0.25, -0.2) is 13.1 Å². The minimum absolute atomic E-state index is 0.0104. The first kappa shape index (κ1) is 22.2. The number of nitrogens with one attached hydrogen (secondary N) is 2. The monoisotopic (exact) mass is 408 g/mol. The summed E-state index contributed by atoms with van der Waals surface area (Å²) in [6.07, 6.45) is 4.46. The predicted molar refractivity (Wildman–Crippen MR) is 103 cm³/mol. The highest BCUT2D eigenvalue weighted by Gasteiger charge is 2.24. The zero-order valence-corrected chi connectivity index (χ0v) is 17.2. The Morgan fingerprint density at radius 1 is 1.12 bits per heavy atom. The second-order valence-corrected chi connectivity index (χ2v) is 8.53. The standard InChI is InChI=1S/C17H26Cl2N2O3S/c1-4-6-7-9-20-17(22)13-10-16(15(19)11-14(13)18)25(23,24)21-12(3)8-5-2/h10-12,21H,4-9H2,1-3H3,(H,20,22). The lowest BCUT2D eigenvalue weighted by Crippen LogP contribution is -2.33. The van der Waals surface area contributed by atoms with Gasteiger partial charge in [0.25, 0.3) is 5.91 Å². The summed E-state index contributed by atoms with van der Waals surface area (Å²) in [7, 11) is -3.83. The van der Waals surface area contributed by atoms with Crippen molar-refractivity contribution in [2.75, 3.05) is 6.54 Å². The summed E-state index contributed by atoms with van der Waals surface area (Å²) in [4.78, 5) is 12.2. The fourth-order valence-electron chi connectivity index (χ4n) is 2.40. The van der Waals surface area contributed by atoms with E-state index in [-0.39, 0.29) is 26.5 Å². The molecule has 25 heavy (non-hydrogen) atoms. The highest BCUT2D eigenvalue weighted by Crippen LogP contribution is 2.29. The third-order valence-electron chi connectivity index (χ3n) is 3.70. The van der Waals surface area contributed by atoms with Gasteiger partial charge in [0.1, 0.15) is 4.90 Å². The quantitative estimate of drug-likeness (QED) is 0.563. The molecule has 0 heterocycles. The van der Waals surface area contributed by atoms with Gasteiger partial charge in [-0.05, 0) is 31.9 Å². The average molecular weight is 409 g/mol. The summed E-state index contributed by atoms with van der Waals surface area (Å²) in [6.45, 7) is 6.34. The minimum Gasteiger partial charge on any atom is -0.352 e. The van der Waals surface area contributed by atoms with Crippen molar-refractivity contribution >= 4 is 39.1 Å². The molecular formula is C17H26Cl2N2O3S. The van der Waals surface area contributed by atoms with E-state index in [4.69, 9.17) is 23.2 Å². The smallest absolute Gasteiger partial charge is 0.252 e. The van der Waals surface area contributed by atoms with Gasteiger partial charge in [-0.3, -0.25) is 4.79 Å². The molecule has 1 rings (SSSR count). The molecule has 0 fully saturated rings. The molecule has 5 nitrogen and oxygen atoms in total. The maximum atomic E-state index is 12.6. The van der Waals surface area contributed by atoms with Crippen LogP contribution >= 0.6 is 23.2 Å². The van der Waals surface area contributed by atoms with Crippen molar-refractivity contribution in [2.24, 2.45) is 0 Å². The van der Waals surface area contributed by atoms with Crippen LogP contribution < -0.4 is 10.0 Å². The van der Waals surface area contributed by atoms with Crippen molar-refractivity contribution in [3.8, 4) is 0 Å². The Bertz CT molecular complexity index is 693. The largest absolute Gasteiger partial charge is 0.352 e. The van der Waals surface area contributed by atoms with Crippen LogP contribution in [-0.2, 0) is 10.0 Å². The van der Waals surface area contributed by atoms with Crippen LogP contribution in [0.5, 0.6) is 0 Å². The van der Waals surface area contributed by atoms with E-state index in [2.05, 4.69) is 17.0 Å². The zero-order valence-electron chi connectivity index (χ0n) is 14.9. The topological polar surface area (TPSA) is 75.3 Å². The van der Waals surface area contributed by atoms with Gasteiger partial charge in [0, 0.05) is 12.6 Å². The van der Waals surface area contributed by atoms with Crippen LogP contribution in [0.25, 0.3) is 0 Å². The summed E-state index contributed by atoms with van der Waals surface area (Å²) in [6, 6.07) is 2.30. The van der Waals surface area contributed by atoms with Crippen LogP contribution in [-0.4, -0.2) is 26.9 Å². The number of amides is 1. The van der Waals surface area contributed by atoms with Gasteiger partial charge in [0.05, 0.1) is 15.6 Å². The SMILES string of the molecule is CCCCCNC(=O)c1cc(S(=O)(=O)NC(C)CCC)c(Cl)cc1Cl.